The molecule has 0 aromatic heterocycles. The second-order valence-electron chi connectivity index (χ2n) is 8.58. The summed E-state index contributed by atoms with van der Waals surface area (Å²) in [5.74, 6) is 1.25. The van der Waals surface area contributed by atoms with Gasteiger partial charge in [-0.2, -0.15) is 0 Å². The molecule has 7 nitrogen and oxygen atoms in total. The first-order chi connectivity index (χ1) is 13.3. The molecule has 3 fully saturated rings. The molecule has 3 atom stereocenters. The van der Waals surface area contributed by atoms with Gasteiger partial charge in [0.05, 0.1) is 25.4 Å². The second kappa shape index (κ2) is 8.57. The number of carbonyl (C=O) groups is 1. The molecule has 4 rings (SSSR count). The number of rotatable bonds is 6. The van der Waals surface area contributed by atoms with Gasteiger partial charge < -0.3 is 30.1 Å². The normalized spacial score (nSPS) is 24.6. The zero-order valence-electron chi connectivity index (χ0n) is 17.1. The minimum absolute atomic E-state index is 0.0627. The Balaban J connectivity index is 1.76. The maximum atomic E-state index is 12.6. The third-order valence-electron chi connectivity index (χ3n) is 5.89. The smallest absolute Gasteiger partial charge is 0.317 e. The number of benzene rings is 1. The fourth-order valence-electron chi connectivity index (χ4n) is 4.57. The lowest BCUT2D eigenvalue weighted by Gasteiger charge is -2.48. The van der Waals surface area contributed by atoms with Gasteiger partial charge in [0, 0.05) is 31.9 Å². The average Bonchev–Trinajstić information content (AvgIpc) is 2.93. The van der Waals surface area contributed by atoms with Crippen molar-refractivity contribution < 1.29 is 19.7 Å². The van der Waals surface area contributed by atoms with E-state index >= 15 is 0 Å². The summed E-state index contributed by atoms with van der Waals surface area (Å²) in [5, 5.41) is 21.2. The number of nitrogens with zero attached hydrogens (tertiary/aromatic N) is 2. The Kier molecular flexibility index (Phi) is 6.35. The van der Waals surface area contributed by atoms with E-state index in [4.69, 9.17) is 9.84 Å². The summed E-state index contributed by atoms with van der Waals surface area (Å²) in [6, 6.07) is 8.25. The van der Waals surface area contributed by atoms with Gasteiger partial charge in [-0.1, -0.05) is 13.8 Å². The van der Waals surface area contributed by atoms with Crippen molar-refractivity contribution in [3.63, 3.8) is 0 Å². The van der Waals surface area contributed by atoms with E-state index in [1.54, 1.807) is 0 Å². The lowest BCUT2D eigenvalue weighted by atomic mass is 9.73. The van der Waals surface area contributed by atoms with Crippen LogP contribution in [0.1, 0.15) is 27.2 Å². The van der Waals surface area contributed by atoms with E-state index in [0.29, 0.717) is 25.6 Å². The van der Waals surface area contributed by atoms with Crippen LogP contribution in [0.4, 0.5) is 10.5 Å². The Morgan fingerprint density at radius 2 is 2.00 bits per heavy atom. The van der Waals surface area contributed by atoms with Crippen LogP contribution in [-0.4, -0.2) is 72.7 Å². The number of anilines is 1. The van der Waals surface area contributed by atoms with Gasteiger partial charge >= 0.3 is 6.03 Å². The third kappa shape index (κ3) is 4.52. The molecule has 0 radical (unpaired) electrons. The minimum Gasteiger partial charge on any atom is -0.494 e. The molecule has 3 heterocycles. The summed E-state index contributed by atoms with van der Waals surface area (Å²) >= 11 is 0. The number of aliphatic hydroxyl groups excluding tert-OH is 2. The molecule has 0 aliphatic carbocycles. The topological polar surface area (TPSA) is 85.3 Å². The Labute approximate surface area is 167 Å². The summed E-state index contributed by atoms with van der Waals surface area (Å²) in [7, 11) is 0. The van der Waals surface area contributed by atoms with Crippen molar-refractivity contribution in [2.45, 2.75) is 39.3 Å². The number of carbonyl (C=O) groups excluding carboxylic acids is 1. The molecule has 0 unspecified atom stereocenters. The highest BCUT2D eigenvalue weighted by molar-refractivity contribution is 5.74. The number of ether oxygens (including phenoxy) is 1. The monoisotopic (exact) mass is 391 g/mol. The van der Waals surface area contributed by atoms with Gasteiger partial charge in [-0.3, -0.25) is 0 Å². The molecular formula is C21H33N3O4. The van der Waals surface area contributed by atoms with Crippen LogP contribution in [0.25, 0.3) is 0 Å². The molecule has 0 saturated carbocycles. The molecule has 156 valence electrons. The van der Waals surface area contributed by atoms with Crippen LogP contribution in [0.15, 0.2) is 24.3 Å². The molecular weight excluding hydrogens is 358 g/mol. The van der Waals surface area contributed by atoms with Gasteiger partial charge in [0.15, 0.2) is 0 Å². The van der Waals surface area contributed by atoms with Crippen LogP contribution in [0.2, 0.25) is 0 Å². The number of hydrogen-bond acceptors (Lipinski definition) is 5. The maximum Gasteiger partial charge on any atom is 0.317 e. The van der Waals surface area contributed by atoms with Gasteiger partial charge in [0.2, 0.25) is 0 Å². The molecule has 3 aliphatic rings. The number of piperidine rings is 1. The first kappa shape index (κ1) is 20.7. The van der Waals surface area contributed by atoms with Crippen molar-refractivity contribution in [3.8, 4) is 5.75 Å². The van der Waals surface area contributed by atoms with E-state index in [1.165, 1.54) is 0 Å². The molecule has 3 N–H and O–H groups in total. The molecule has 3 aliphatic heterocycles. The van der Waals surface area contributed by atoms with Gasteiger partial charge in [0.25, 0.3) is 0 Å². The van der Waals surface area contributed by atoms with Crippen molar-refractivity contribution in [3.05, 3.63) is 24.3 Å². The Morgan fingerprint density at radius 1 is 1.29 bits per heavy atom. The number of amides is 2. The van der Waals surface area contributed by atoms with E-state index < -0.39 is 6.10 Å². The summed E-state index contributed by atoms with van der Waals surface area (Å²) in [4.78, 5) is 16.9. The van der Waals surface area contributed by atoms with Crippen molar-refractivity contribution >= 4 is 11.7 Å². The van der Waals surface area contributed by atoms with E-state index in [1.807, 2.05) is 24.0 Å². The molecule has 1 aromatic carbocycles. The van der Waals surface area contributed by atoms with Gasteiger partial charge in [-0.05, 0) is 48.9 Å². The van der Waals surface area contributed by atoms with Crippen molar-refractivity contribution in [2.75, 3.05) is 44.3 Å². The highest BCUT2D eigenvalue weighted by Gasteiger charge is 2.46. The highest BCUT2D eigenvalue weighted by atomic mass is 16.5. The average molecular weight is 392 g/mol. The van der Waals surface area contributed by atoms with Crippen LogP contribution < -0.4 is 15.0 Å². The fraction of sp³-hybridized carbons (Fsp3) is 0.667. The van der Waals surface area contributed by atoms with Crippen LogP contribution >= 0.6 is 0 Å². The van der Waals surface area contributed by atoms with Crippen molar-refractivity contribution in [1.29, 1.82) is 0 Å². The standard InChI is InChI=1S/C21H33N3O4/c1-4-28-18-7-5-16(6-8-18)24-12-15-9-21(2,3)19(24)13-23(11-15)20(27)22-10-17(26)14-25/h5-8,15,17,19,25-26H,4,9-14H2,1-3H3,(H,22,27)/t15-,17-,19-/m1/s1. The summed E-state index contributed by atoms with van der Waals surface area (Å²) in [5.41, 5.74) is 1.24. The summed E-state index contributed by atoms with van der Waals surface area (Å²) < 4.78 is 5.56. The Morgan fingerprint density at radius 3 is 2.64 bits per heavy atom. The van der Waals surface area contributed by atoms with Gasteiger partial charge in [-0.15, -0.1) is 0 Å². The van der Waals surface area contributed by atoms with Gasteiger partial charge in [-0.25, -0.2) is 4.79 Å². The number of hydrogen-bond donors (Lipinski definition) is 3. The van der Waals surface area contributed by atoms with Crippen molar-refractivity contribution in [2.24, 2.45) is 11.3 Å². The number of urea groups is 1. The molecule has 3 saturated heterocycles. The van der Waals surface area contributed by atoms with E-state index in [-0.39, 0.29) is 30.6 Å². The number of aliphatic hydroxyl groups is 2. The number of fused-ring (bicyclic) bond motifs is 4. The van der Waals surface area contributed by atoms with E-state index in [2.05, 4.69) is 36.2 Å². The molecule has 2 amide bonds. The highest BCUT2D eigenvalue weighted by Crippen LogP contribution is 2.43. The molecule has 0 spiro atoms. The maximum absolute atomic E-state index is 12.6. The first-order valence-electron chi connectivity index (χ1n) is 10.1. The van der Waals surface area contributed by atoms with Gasteiger partial charge in [0.1, 0.15) is 5.75 Å². The van der Waals surface area contributed by atoms with Crippen LogP contribution in [-0.2, 0) is 0 Å². The van der Waals surface area contributed by atoms with E-state index in [0.717, 1.165) is 24.4 Å². The zero-order chi connectivity index (χ0) is 20.3. The van der Waals surface area contributed by atoms with Crippen LogP contribution in [0, 0.1) is 11.3 Å². The largest absolute Gasteiger partial charge is 0.494 e. The molecule has 2 bridgehead atoms. The fourth-order valence-corrected chi connectivity index (χ4v) is 4.57. The second-order valence-corrected chi connectivity index (χ2v) is 8.58. The third-order valence-corrected chi connectivity index (χ3v) is 5.89. The molecule has 28 heavy (non-hydrogen) atoms. The SMILES string of the molecule is CCOc1ccc(N2C[C@H]3CN(C(=O)NC[C@@H](O)CO)C[C@@H]2C(C)(C)C3)cc1. The predicted molar refractivity (Wildman–Crippen MR) is 109 cm³/mol. The summed E-state index contributed by atoms with van der Waals surface area (Å²) in [6.45, 7) is 9.15. The van der Waals surface area contributed by atoms with Crippen molar-refractivity contribution in [1.82, 2.24) is 10.2 Å². The predicted octanol–water partition coefficient (Wildman–Crippen LogP) is 1.68. The minimum atomic E-state index is -0.926. The Bertz CT molecular complexity index is 664. The van der Waals surface area contributed by atoms with Crippen LogP contribution in [0.5, 0.6) is 5.75 Å². The summed E-state index contributed by atoms with van der Waals surface area (Å²) in [6.07, 6.45) is 0.151. The number of nitrogens with one attached hydrogen (secondary N) is 1. The molecule has 1 aromatic rings. The first-order valence-corrected chi connectivity index (χ1v) is 10.1. The van der Waals surface area contributed by atoms with E-state index in [9.17, 15) is 9.90 Å². The van der Waals surface area contributed by atoms with Crippen LogP contribution in [0.3, 0.4) is 0 Å². The quantitative estimate of drug-likeness (QED) is 0.687. The zero-order valence-corrected chi connectivity index (χ0v) is 17.1. The lowest BCUT2D eigenvalue weighted by molar-refractivity contribution is 0.0938. The lowest BCUT2D eigenvalue weighted by Crippen LogP contribution is -2.54. The Hall–Kier alpha value is -1.99. The molecule has 7 heteroatoms.